The van der Waals surface area contributed by atoms with Crippen LogP contribution in [0, 0.1) is 0 Å². The first-order valence-electron chi connectivity index (χ1n) is 10.6. The van der Waals surface area contributed by atoms with E-state index < -0.39 is 12.1 Å². The summed E-state index contributed by atoms with van der Waals surface area (Å²) >= 11 is 1.55. The molecule has 34 heavy (non-hydrogen) atoms. The molecule has 10 nitrogen and oxygen atoms in total. The van der Waals surface area contributed by atoms with Gasteiger partial charge >= 0.3 is 12.1 Å². The molecule has 1 atom stereocenters. The monoisotopic (exact) mass is 502 g/mol. The van der Waals surface area contributed by atoms with Crippen LogP contribution >= 0.6 is 11.3 Å². The Labute approximate surface area is 197 Å². The van der Waals surface area contributed by atoms with E-state index in [2.05, 4.69) is 20.5 Å². The number of amides is 2. The minimum absolute atomic E-state index is 0.0660. The van der Waals surface area contributed by atoms with E-state index in [1.54, 1.807) is 11.3 Å². The molecule has 2 saturated heterocycles. The summed E-state index contributed by atoms with van der Waals surface area (Å²) in [6.07, 6.45) is -1.34. The molecule has 0 aromatic carbocycles. The number of rotatable bonds is 4. The Morgan fingerprint density at radius 2 is 1.94 bits per heavy atom. The highest BCUT2D eigenvalue weighted by atomic mass is 32.1. The fourth-order valence-electron chi connectivity index (χ4n) is 3.72. The van der Waals surface area contributed by atoms with E-state index in [1.165, 1.54) is 0 Å². The van der Waals surface area contributed by atoms with Crippen molar-refractivity contribution in [3.8, 4) is 0 Å². The van der Waals surface area contributed by atoms with Gasteiger partial charge in [-0.05, 0) is 31.2 Å². The number of carbonyl (C=O) groups is 3. The van der Waals surface area contributed by atoms with Gasteiger partial charge in [-0.2, -0.15) is 24.5 Å². The number of carboxylic acids is 1. The first-order valence-corrected chi connectivity index (χ1v) is 11.5. The second-order valence-electron chi connectivity index (χ2n) is 7.97. The lowest BCUT2D eigenvalue weighted by Crippen LogP contribution is -2.53. The number of nitrogens with one attached hydrogen (secondary N) is 1. The van der Waals surface area contributed by atoms with E-state index in [-0.39, 0.29) is 23.9 Å². The quantitative estimate of drug-likeness (QED) is 0.654. The number of hydrogen-bond acceptors (Lipinski definition) is 7. The molecule has 2 fully saturated rings. The third kappa shape index (κ3) is 6.53. The van der Waals surface area contributed by atoms with Crippen molar-refractivity contribution in [3.63, 3.8) is 0 Å². The highest BCUT2D eigenvalue weighted by molar-refractivity contribution is 7.08. The smallest absolute Gasteiger partial charge is 0.475 e. The fourth-order valence-corrected chi connectivity index (χ4v) is 4.35. The summed E-state index contributed by atoms with van der Waals surface area (Å²) in [4.78, 5) is 37.2. The summed E-state index contributed by atoms with van der Waals surface area (Å²) < 4.78 is 33.7. The van der Waals surface area contributed by atoms with Crippen LogP contribution in [0.15, 0.2) is 23.0 Å². The molecule has 186 valence electrons. The average molecular weight is 503 g/mol. The summed E-state index contributed by atoms with van der Waals surface area (Å²) in [5, 5.41) is 22.4. The van der Waals surface area contributed by atoms with Crippen LogP contribution in [0.25, 0.3) is 0 Å². The number of alkyl halides is 3. The van der Waals surface area contributed by atoms with Gasteiger partial charge in [0, 0.05) is 38.1 Å². The second kappa shape index (κ2) is 11.0. The molecule has 2 N–H and O–H groups in total. The van der Waals surface area contributed by atoms with Crippen LogP contribution in [0.3, 0.4) is 0 Å². The lowest BCUT2D eigenvalue weighted by atomic mass is 10.0. The Balaban J connectivity index is 0.000000406. The van der Waals surface area contributed by atoms with Crippen LogP contribution in [0.4, 0.5) is 13.2 Å². The Kier molecular flexibility index (Phi) is 8.25. The van der Waals surface area contributed by atoms with Gasteiger partial charge in [-0.15, -0.1) is 5.10 Å². The molecule has 0 aliphatic carbocycles. The normalized spacial score (nSPS) is 19.8. The largest absolute Gasteiger partial charge is 0.490 e. The third-order valence-electron chi connectivity index (χ3n) is 5.68. The van der Waals surface area contributed by atoms with Crippen LogP contribution in [0.1, 0.15) is 41.9 Å². The van der Waals surface area contributed by atoms with Crippen LogP contribution in [-0.4, -0.2) is 86.1 Å². The molecule has 0 radical (unpaired) electrons. The van der Waals surface area contributed by atoms with E-state index in [9.17, 15) is 22.8 Å². The molecular weight excluding hydrogens is 477 g/mol. The number of aliphatic carboxylic acids is 1. The molecule has 2 aromatic heterocycles. The van der Waals surface area contributed by atoms with Crippen LogP contribution in [-0.2, 0) is 16.1 Å². The number of aromatic nitrogens is 3. The molecule has 2 aliphatic rings. The van der Waals surface area contributed by atoms with Crippen molar-refractivity contribution in [2.75, 3.05) is 26.2 Å². The van der Waals surface area contributed by atoms with Crippen molar-refractivity contribution < 1.29 is 32.7 Å². The molecule has 14 heteroatoms. The van der Waals surface area contributed by atoms with Gasteiger partial charge in [0.25, 0.3) is 5.91 Å². The summed E-state index contributed by atoms with van der Waals surface area (Å²) in [5.74, 6) is -2.57. The Morgan fingerprint density at radius 3 is 2.53 bits per heavy atom. The van der Waals surface area contributed by atoms with Gasteiger partial charge in [0.1, 0.15) is 0 Å². The number of hydrogen-bond donors (Lipinski definition) is 2. The standard InChI is InChI=1S/C18H24N6O2S.C2HF3O2/c1-13-17(25)19-5-8-23(13)10-15-11-24(21-20-15)16-2-6-22(7-3-16)18(26)14-4-9-27-12-14;3-2(4,5)1(6)7/h4,9,11-13,16H,2-3,5-8,10H2,1H3,(H,19,25);(H,6,7). The van der Waals surface area contributed by atoms with Crippen molar-refractivity contribution in [1.82, 2.24) is 30.1 Å². The van der Waals surface area contributed by atoms with Gasteiger partial charge < -0.3 is 15.3 Å². The van der Waals surface area contributed by atoms with Crippen molar-refractivity contribution in [2.45, 2.75) is 44.6 Å². The van der Waals surface area contributed by atoms with E-state index in [4.69, 9.17) is 9.90 Å². The van der Waals surface area contributed by atoms with E-state index in [0.29, 0.717) is 13.1 Å². The minimum atomic E-state index is -5.08. The van der Waals surface area contributed by atoms with Gasteiger partial charge in [-0.1, -0.05) is 5.21 Å². The average Bonchev–Trinajstić information content (AvgIpc) is 3.49. The third-order valence-corrected chi connectivity index (χ3v) is 6.37. The molecule has 2 aromatic rings. The number of likely N-dealkylation sites (tertiary alicyclic amines) is 1. The maximum absolute atomic E-state index is 12.4. The van der Waals surface area contributed by atoms with Gasteiger partial charge in [0.2, 0.25) is 5.91 Å². The Morgan fingerprint density at radius 1 is 1.26 bits per heavy atom. The van der Waals surface area contributed by atoms with E-state index in [0.717, 1.165) is 43.7 Å². The first-order chi connectivity index (χ1) is 16.1. The lowest BCUT2D eigenvalue weighted by Gasteiger charge is -2.32. The lowest BCUT2D eigenvalue weighted by molar-refractivity contribution is -0.192. The first kappa shape index (κ1) is 25.6. The zero-order valence-corrected chi connectivity index (χ0v) is 19.2. The van der Waals surface area contributed by atoms with Crippen LogP contribution in [0.5, 0.6) is 0 Å². The summed E-state index contributed by atoms with van der Waals surface area (Å²) in [6, 6.07) is 2.00. The van der Waals surface area contributed by atoms with Crippen molar-refractivity contribution in [1.29, 1.82) is 0 Å². The molecule has 4 rings (SSSR count). The van der Waals surface area contributed by atoms with Gasteiger partial charge in [-0.3, -0.25) is 14.5 Å². The second-order valence-corrected chi connectivity index (χ2v) is 8.75. The van der Waals surface area contributed by atoms with E-state index in [1.807, 2.05) is 39.5 Å². The van der Waals surface area contributed by atoms with Crippen molar-refractivity contribution >= 4 is 29.1 Å². The highest BCUT2D eigenvalue weighted by Gasteiger charge is 2.38. The topological polar surface area (TPSA) is 121 Å². The molecular formula is C20H25F3N6O4S. The number of nitrogens with zero attached hydrogens (tertiary/aromatic N) is 5. The molecule has 2 aliphatic heterocycles. The van der Waals surface area contributed by atoms with Crippen LogP contribution < -0.4 is 5.32 Å². The van der Waals surface area contributed by atoms with Gasteiger partial charge in [-0.25, -0.2) is 9.48 Å². The summed E-state index contributed by atoms with van der Waals surface area (Å²) in [5.41, 5.74) is 1.66. The molecule has 1 unspecified atom stereocenters. The van der Waals surface area contributed by atoms with Gasteiger partial charge in [0.15, 0.2) is 0 Å². The maximum Gasteiger partial charge on any atom is 0.490 e. The zero-order valence-electron chi connectivity index (χ0n) is 18.4. The number of piperidine rings is 1. The van der Waals surface area contributed by atoms with E-state index >= 15 is 0 Å². The van der Waals surface area contributed by atoms with Gasteiger partial charge in [0.05, 0.1) is 29.5 Å². The fraction of sp³-hybridized carbons (Fsp3) is 0.550. The zero-order chi connectivity index (χ0) is 24.9. The molecule has 4 heterocycles. The van der Waals surface area contributed by atoms with Crippen LogP contribution in [0.2, 0.25) is 0 Å². The Bertz CT molecular complexity index is 989. The predicted octanol–water partition coefficient (Wildman–Crippen LogP) is 1.77. The number of halogens is 3. The maximum atomic E-state index is 12.4. The van der Waals surface area contributed by atoms with Crippen molar-refractivity contribution in [3.05, 3.63) is 34.3 Å². The highest BCUT2D eigenvalue weighted by Crippen LogP contribution is 2.24. The number of piperazine rings is 1. The Hall–Kier alpha value is -3.00. The molecule has 0 saturated carbocycles. The number of thiophene rings is 1. The number of carboxylic acid groups (broad SMARTS) is 1. The number of carbonyl (C=O) groups excluding carboxylic acids is 2. The molecule has 0 spiro atoms. The minimum Gasteiger partial charge on any atom is -0.475 e. The summed E-state index contributed by atoms with van der Waals surface area (Å²) in [7, 11) is 0. The van der Waals surface area contributed by atoms with Crippen molar-refractivity contribution in [2.24, 2.45) is 0 Å². The molecule has 0 bridgehead atoms. The SMILES string of the molecule is CC1C(=O)NCCN1Cc1cn(C2CCN(C(=O)c3ccsc3)CC2)nn1.O=C(O)C(F)(F)F. The summed E-state index contributed by atoms with van der Waals surface area (Å²) in [6.45, 7) is 5.51. The predicted molar refractivity (Wildman–Crippen MR) is 115 cm³/mol. The molecule has 2 amide bonds.